The molecule has 144 valence electrons. The molecule has 0 unspecified atom stereocenters. The van der Waals surface area contributed by atoms with Gasteiger partial charge in [0, 0.05) is 34.0 Å². The van der Waals surface area contributed by atoms with E-state index < -0.39 is 0 Å². The molecule has 0 N–H and O–H groups in total. The first-order chi connectivity index (χ1) is 13.8. The van der Waals surface area contributed by atoms with E-state index in [2.05, 4.69) is 0 Å². The summed E-state index contributed by atoms with van der Waals surface area (Å²) < 4.78 is 1.80. The molecule has 29 heavy (non-hydrogen) atoms. The highest BCUT2D eigenvalue weighted by atomic mass is 35.5. The first kappa shape index (κ1) is 18.1. The lowest BCUT2D eigenvalue weighted by atomic mass is 9.74. The number of halogens is 1. The molecule has 2 aromatic carbocycles. The zero-order chi connectivity index (χ0) is 20.5. The van der Waals surface area contributed by atoms with E-state index in [9.17, 15) is 14.4 Å². The summed E-state index contributed by atoms with van der Waals surface area (Å²) in [5.74, 6) is -0.571. The van der Waals surface area contributed by atoms with Crippen molar-refractivity contribution in [2.45, 2.75) is 26.7 Å². The van der Waals surface area contributed by atoms with Crippen molar-refractivity contribution in [2.24, 2.45) is 5.41 Å². The zero-order valence-corrected chi connectivity index (χ0v) is 16.8. The Morgan fingerprint density at radius 2 is 1.45 bits per heavy atom. The second-order valence-corrected chi connectivity index (χ2v) is 8.94. The molecule has 0 amide bonds. The minimum Gasteiger partial charge on any atom is -0.309 e. The Balaban J connectivity index is 1.89. The van der Waals surface area contributed by atoms with Crippen molar-refractivity contribution in [2.75, 3.05) is 0 Å². The third kappa shape index (κ3) is 2.56. The van der Waals surface area contributed by atoms with Crippen LogP contribution in [0.4, 0.5) is 0 Å². The Morgan fingerprint density at radius 3 is 2.10 bits per heavy atom. The maximum atomic E-state index is 13.5. The highest BCUT2D eigenvalue weighted by molar-refractivity contribution is 6.31. The maximum absolute atomic E-state index is 13.5. The van der Waals surface area contributed by atoms with Crippen LogP contribution in [0.2, 0.25) is 5.02 Å². The molecule has 0 saturated carbocycles. The molecule has 2 aliphatic carbocycles. The van der Waals surface area contributed by atoms with Gasteiger partial charge in [0.25, 0.3) is 0 Å². The van der Waals surface area contributed by atoms with Crippen molar-refractivity contribution in [3.8, 4) is 5.69 Å². The number of hydrogen-bond acceptors (Lipinski definition) is 3. The fraction of sp³-hybridized carbons (Fsp3) is 0.208. The molecular formula is C24H18ClNO3. The van der Waals surface area contributed by atoms with Crippen LogP contribution in [0.15, 0.2) is 48.5 Å². The maximum Gasteiger partial charge on any atom is 0.211 e. The van der Waals surface area contributed by atoms with Crippen molar-refractivity contribution in [3.63, 3.8) is 0 Å². The molecule has 2 aliphatic rings. The van der Waals surface area contributed by atoms with Crippen molar-refractivity contribution in [1.82, 2.24) is 4.57 Å². The predicted octanol–water partition coefficient (Wildman–Crippen LogP) is 5.06. The van der Waals surface area contributed by atoms with Crippen LogP contribution in [0.3, 0.4) is 0 Å². The largest absolute Gasteiger partial charge is 0.309 e. The smallest absolute Gasteiger partial charge is 0.211 e. The van der Waals surface area contributed by atoms with E-state index in [0.29, 0.717) is 34.6 Å². The van der Waals surface area contributed by atoms with Crippen LogP contribution in [0.5, 0.6) is 0 Å². The number of aromatic nitrogens is 1. The Hall–Kier alpha value is -2.98. The highest BCUT2D eigenvalue weighted by Gasteiger charge is 2.44. The Kier molecular flexibility index (Phi) is 3.74. The Morgan fingerprint density at radius 1 is 0.828 bits per heavy atom. The van der Waals surface area contributed by atoms with Crippen molar-refractivity contribution >= 4 is 29.0 Å². The number of ketones is 3. The van der Waals surface area contributed by atoms with Gasteiger partial charge in [-0.05, 0) is 36.1 Å². The van der Waals surface area contributed by atoms with Crippen molar-refractivity contribution in [3.05, 3.63) is 87.2 Å². The molecule has 0 radical (unpaired) electrons. The lowest BCUT2D eigenvalue weighted by Gasteiger charge is -2.30. The summed E-state index contributed by atoms with van der Waals surface area (Å²) in [5.41, 5.74) is 2.87. The Bertz CT molecular complexity index is 1230. The first-order valence-electron chi connectivity index (χ1n) is 9.54. The summed E-state index contributed by atoms with van der Waals surface area (Å²) in [6, 6.07) is 13.9. The average molecular weight is 404 g/mol. The van der Waals surface area contributed by atoms with E-state index in [4.69, 9.17) is 11.6 Å². The van der Waals surface area contributed by atoms with E-state index in [1.54, 1.807) is 41.0 Å². The molecule has 3 aromatic rings. The number of rotatable bonds is 1. The first-order valence-corrected chi connectivity index (χ1v) is 9.91. The van der Waals surface area contributed by atoms with Crippen LogP contribution in [0.1, 0.15) is 68.3 Å². The van der Waals surface area contributed by atoms with Gasteiger partial charge in [-0.2, -0.15) is 0 Å². The molecule has 1 heterocycles. The SMILES string of the molecule is CC1(C)CC(=O)c2c3c(n(-c4ccc(Cl)cc4)c2C1)C(=O)c1ccccc1C3=O. The molecular weight excluding hydrogens is 386 g/mol. The number of nitrogens with zero attached hydrogens (tertiary/aromatic N) is 1. The number of carbonyl (C=O) groups is 3. The third-order valence-electron chi connectivity index (χ3n) is 5.78. The number of Topliss-reactive ketones (excluding diaryl/α,β-unsaturated/α-hetero) is 1. The van der Waals surface area contributed by atoms with E-state index in [-0.39, 0.29) is 34.0 Å². The number of hydrogen-bond donors (Lipinski definition) is 0. The fourth-order valence-corrected chi connectivity index (χ4v) is 4.71. The molecule has 0 atom stereocenters. The van der Waals surface area contributed by atoms with Gasteiger partial charge < -0.3 is 4.57 Å². The molecule has 0 fully saturated rings. The molecule has 0 aliphatic heterocycles. The monoisotopic (exact) mass is 403 g/mol. The van der Waals surface area contributed by atoms with Gasteiger partial charge in [0.1, 0.15) is 5.69 Å². The molecule has 4 nitrogen and oxygen atoms in total. The minimum absolute atomic E-state index is 0.0826. The van der Waals surface area contributed by atoms with Crippen LogP contribution >= 0.6 is 11.6 Å². The van der Waals surface area contributed by atoms with Crippen LogP contribution in [0, 0.1) is 5.41 Å². The normalized spacial score (nSPS) is 17.0. The van der Waals surface area contributed by atoms with Gasteiger partial charge in [-0.25, -0.2) is 0 Å². The number of carbonyl (C=O) groups excluding carboxylic acids is 3. The van der Waals surface area contributed by atoms with Gasteiger partial charge in [-0.15, -0.1) is 0 Å². The number of benzene rings is 2. The molecule has 0 saturated heterocycles. The standard InChI is InChI=1S/C24H18ClNO3/c1-24(2)11-17-19(18(27)12-24)20-21(26(17)14-9-7-13(25)8-10-14)23(29)16-6-4-3-5-15(16)22(20)28/h3-10H,11-12H2,1-2H3. The average Bonchev–Trinajstić information content (AvgIpc) is 3.01. The van der Waals surface area contributed by atoms with Gasteiger partial charge in [-0.3, -0.25) is 14.4 Å². The second kappa shape index (κ2) is 6.01. The lowest BCUT2D eigenvalue weighted by Crippen LogP contribution is -2.28. The number of fused-ring (bicyclic) bond motifs is 4. The highest BCUT2D eigenvalue weighted by Crippen LogP contribution is 2.43. The van der Waals surface area contributed by atoms with Gasteiger partial charge in [0.15, 0.2) is 11.6 Å². The van der Waals surface area contributed by atoms with Crippen LogP contribution in [-0.4, -0.2) is 21.9 Å². The second-order valence-electron chi connectivity index (χ2n) is 8.50. The third-order valence-corrected chi connectivity index (χ3v) is 6.03. The summed E-state index contributed by atoms with van der Waals surface area (Å²) >= 11 is 6.06. The van der Waals surface area contributed by atoms with Crippen LogP contribution in [0.25, 0.3) is 5.69 Å². The van der Waals surface area contributed by atoms with Crippen LogP contribution < -0.4 is 0 Å². The van der Waals surface area contributed by atoms with E-state index >= 15 is 0 Å². The van der Waals surface area contributed by atoms with Gasteiger partial charge in [0.2, 0.25) is 5.78 Å². The van der Waals surface area contributed by atoms with E-state index in [1.165, 1.54) is 0 Å². The summed E-state index contributed by atoms with van der Waals surface area (Å²) in [7, 11) is 0. The van der Waals surface area contributed by atoms with E-state index in [0.717, 1.165) is 11.4 Å². The molecule has 5 heteroatoms. The molecule has 1 aromatic heterocycles. The molecule has 0 bridgehead atoms. The van der Waals surface area contributed by atoms with Gasteiger partial charge in [0.05, 0.1) is 11.1 Å². The minimum atomic E-state index is -0.257. The molecule has 5 rings (SSSR count). The van der Waals surface area contributed by atoms with Crippen molar-refractivity contribution in [1.29, 1.82) is 0 Å². The van der Waals surface area contributed by atoms with Gasteiger partial charge in [-0.1, -0.05) is 49.7 Å². The summed E-state index contributed by atoms with van der Waals surface area (Å²) in [5, 5.41) is 0.577. The fourth-order valence-electron chi connectivity index (χ4n) is 4.58. The Labute approximate surface area is 173 Å². The quantitative estimate of drug-likeness (QED) is 0.446. The van der Waals surface area contributed by atoms with Crippen molar-refractivity contribution < 1.29 is 14.4 Å². The topological polar surface area (TPSA) is 56.1 Å². The lowest BCUT2D eigenvalue weighted by molar-refractivity contribution is 0.0902. The summed E-state index contributed by atoms with van der Waals surface area (Å²) in [4.78, 5) is 40.0. The van der Waals surface area contributed by atoms with Gasteiger partial charge >= 0.3 is 0 Å². The summed E-state index contributed by atoms with van der Waals surface area (Å²) in [6.07, 6.45) is 0.945. The zero-order valence-electron chi connectivity index (χ0n) is 16.1. The molecule has 0 spiro atoms. The van der Waals surface area contributed by atoms with Crippen LogP contribution in [-0.2, 0) is 6.42 Å². The predicted molar refractivity (Wildman–Crippen MR) is 111 cm³/mol. The van der Waals surface area contributed by atoms with E-state index in [1.807, 2.05) is 26.0 Å². The summed E-state index contributed by atoms with van der Waals surface area (Å²) in [6.45, 7) is 4.06.